The van der Waals surface area contributed by atoms with Gasteiger partial charge in [-0.1, -0.05) is 64.2 Å². The molecule has 4 heteroatoms. The predicted molar refractivity (Wildman–Crippen MR) is 97.9 cm³/mol. The molecule has 0 amide bonds. The summed E-state index contributed by atoms with van der Waals surface area (Å²) in [6.45, 7) is 5.48. The fourth-order valence-electron chi connectivity index (χ4n) is 2.86. The Morgan fingerprint density at radius 1 is 0.667 bits per heavy atom. The van der Waals surface area contributed by atoms with Crippen LogP contribution in [0.4, 0.5) is 0 Å². The van der Waals surface area contributed by atoms with E-state index < -0.39 is 0 Å². The van der Waals surface area contributed by atoms with E-state index in [1.807, 2.05) is 6.92 Å². The highest BCUT2D eigenvalue weighted by Crippen LogP contribution is 2.13. The van der Waals surface area contributed by atoms with Gasteiger partial charge in [-0.25, -0.2) is 0 Å². The third kappa shape index (κ3) is 19.0. The van der Waals surface area contributed by atoms with Gasteiger partial charge in [-0.15, -0.1) is 0 Å². The zero-order chi connectivity index (χ0) is 18.0. The Morgan fingerprint density at radius 3 is 1.50 bits per heavy atom. The SMILES string of the molecule is CC(=O)OCCCCCCCCCCCCCCC(C)OC(C)=O. The number of carbonyl (C=O) groups is 2. The first kappa shape index (κ1) is 22.9. The van der Waals surface area contributed by atoms with E-state index in [9.17, 15) is 9.59 Å². The number of hydrogen-bond donors (Lipinski definition) is 0. The standard InChI is InChI=1S/C20H38O4/c1-18(24-20(3)22)16-14-12-10-8-6-4-5-7-9-11-13-15-17-23-19(2)21/h18H,4-17H2,1-3H3. The fraction of sp³-hybridized carbons (Fsp3) is 0.900. The molecular weight excluding hydrogens is 304 g/mol. The lowest BCUT2D eigenvalue weighted by Gasteiger charge is -2.11. The van der Waals surface area contributed by atoms with Gasteiger partial charge in [0.1, 0.15) is 0 Å². The maximum Gasteiger partial charge on any atom is 0.302 e. The van der Waals surface area contributed by atoms with Gasteiger partial charge in [0.15, 0.2) is 0 Å². The van der Waals surface area contributed by atoms with Gasteiger partial charge in [-0.05, 0) is 26.2 Å². The molecule has 0 heterocycles. The third-order valence-corrected chi connectivity index (χ3v) is 4.18. The number of hydrogen-bond acceptors (Lipinski definition) is 4. The normalized spacial score (nSPS) is 12.0. The number of ether oxygens (including phenoxy) is 2. The molecule has 0 fully saturated rings. The summed E-state index contributed by atoms with van der Waals surface area (Å²) >= 11 is 0. The minimum absolute atomic E-state index is 0.0662. The van der Waals surface area contributed by atoms with Crippen LogP contribution in [0, 0.1) is 0 Å². The molecule has 0 saturated carbocycles. The summed E-state index contributed by atoms with van der Waals surface area (Å²) in [4.78, 5) is 21.4. The molecule has 0 aliphatic rings. The van der Waals surface area contributed by atoms with Crippen LogP contribution in [0.2, 0.25) is 0 Å². The average Bonchev–Trinajstić information content (AvgIpc) is 2.50. The molecule has 4 nitrogen and oxygen atoms in total. The maximum absolute atomic E-state index is 10.8. The quantitative estimate of drug-likeness (QED) is 0.272. The largest absolute Gasteiger partial charge is 0.466 e. The second-order valence-corrected chi connectivity index (χ2v) is 6.79. The predicted octanol–water partition coefficient (Wildman–Crippen LogP) is 5.57. The molecule has 142 valence electrons. The zero-order valence-corrected chi connectivity index (χ0v) is 16.1. The van der Waals surface area contributed by atoms with Gasteiger partial charge in [0.25, 0.3) is 0 Å². The van der Waals surface area contributed by atoms with Crippen molar-refractivity contribution in [3.8, 4) is 0 Å². The van der Waals surface area contributed by atoms with Crippen LogP contribution >= 0.6 is 0 Å². The Labute approximate surface area is 148 Å². The highest BCUT2D eigenvalue weighted by atomic mass is 16.5. The van der Waals surface area contributed by atoms with E-state index in [0.29, 0.717) is 6.61 Å². The molecule has 0 radical (unpaired) electrons. The molecule has 1 unspecified atom stereocenters. The third-order valence-electron chi connectivity index (χ3n) is 4.18. The van der Waals surface area contributed by atoms with Crippen LogP contribution in [-0.4, -0.2) is 24.6 Å². The van der Waals surface area contributed by atoms with Crippen molar-refractivity contribution in [1.82, 2.24) is 0 Å². The first-order valence-electron chi connectivity index (χ1n) is 9.83. The first-order valence-corrected chi connectivity index (χ1v) is 9.83. The summed E-state index contributed by atoms with van der Waals surface area (Å²) in [6.07, 6.45) is 16.1. The van der Waals surface area contributed by atoms with Gasteiger partial charge in [0, 0.05) is 13.8 Å². The molecular formula is C20H38O4. The van der Waals surface area contributed by atoms with Crippen LogP contribution in [-0.2, 0) is 19.1 Å². The van der Waals surface area contributed by atoms with Crippen LogP contribution < -0.4 is 0 Å². The minimum atomic E-state index is -0.174. The van der Waals surface area contributed by atoms with Crippen molar-refractivity contribution in [3.05, 3.63) is 0 Å². The van der Waals surface area contributed by atoms with Crippen molar-refractivity contribution in [2.24, 2.45) is 0 Å². The van der Waals surface area contributed by atoms with Crippen LogP contribution in [0.3, 0.4) is 0 Å². The van der Waals surface area contributed by atoms with Crippen molar-refractivity contribution in [3.63, 3.8) is 0 Å². The van der Waals surface area contributed by atoms with Crippen LogP contribution in [0.15, 0.2) is 0 Å². The molecule has 0 aliphatic carbocycles. The van der Waals surface area contributed by atoms with Crippen molar-refractivity contribution in [1.29, 1.82) is 0 Å². The van der Waals surface area contributed by atoms with Gasteiger partial charge in [-0.3, -0.25) is 9.59 Å². The average molecular weight is 343 g/mol. The van der Waals surface area contributed by atoms with Crippen molar-refractivity contribution in [2.75, 3.05) is 6.61 Å². The Kier molecular flexibility index (Phi) is 16.0. The summed E-state index contributed by atoms with van der Waals surface area (Å²) in [5.41, 5.74) is 0. The lowest BCUT2D eigenvalue weighted by Crippen LogP contribution is -2.11. The van der Waals surface area contributed by atoms with Gasteiger partial charge < -0.3 is 9.47 Å². The second-order valence-electron chi connectivity index (χ2n) is 6.79. The van der Waals surface area contributed by atoms with Gasteiger partial charge in [0.2, 0.25) is 0 Å². The first-order chi connectivity index (χ1) is 11.5. The van der Waals surface area contributed by atoms with Gasteiger partial charge >= 0.3 is 11.9 Å². The van der Waals surface area contributed by atoms with E-state index in [4.69, 9.17) is 9.47 Å². The van der Waals surface area contributed by atoms with E-state index in [-0.39, 0.29) is 18.0 Å². The van der Waals surface area contributed by atoms with Gasteiger partial charge in [0.05, 0.1) is 12.7 Å². The second kappa shape index (κ2) is 16.8. The molecule has 24 heavy (non-hydrogen) atoms. The topological polar surface area (TPSA) is 52.6 Å². The van der Waals surface area contributed by atoms with E-state index in [1.165, 1.54) is 78.1 Å². The molecule has 0 spiro atoms. The van der Waals surface area contributed by atoms with Crippen molar-refractivity contribution in [2.45, 2.75) is 110 Å². The Bertz CT molecular complexity index is 315. The summed E-state index contributed by atoms with van der Waals surface area (Å²) < 4.78 is 10.0. The summed E-state index contributed by atoms with van der Waals surface area (Å²) in [5, 5.41) is 0. The molecule has 0 aliphatic heterocycles. The monoisotopic (exact) mass is 342 g/mol. The Hall–Kier alpha value is -1.06. The Morgan fingerprint density at radius 2 is 1.08 bits per heavy atom. The fourth-order valence-corrected chi connectivity index (χ4v) is 2.86. The number of carbonyl (C=O) groups excluding carboxylic acids is 2. The molecule has 1 atom stereocenters. The van der Waals surface area contributed by atoms with Crippen molar-refractivity contribution < 1.29 is 19.1 Å². The summed E-state index contributed by atoms with van der Waals surface area (Å²) in [7, 11) is 0. The lowest BCUT2D eigenvalue weighted by molar-refractivity contribution is -0.145. The molecule has 0 aromatic rings. The minimum Gasteiger partial charge on any atom is -0.466 e. The highest BCUT2D eigenvalue weighted by molar-refractivity contribution is 5.66. The highest BCUT2D eigenvalue weighted by Gasteiger charge is 2.04. The number of unbranched alkanes of at least 4 members (excludes halogenated alkanes) is 11. The van der Waals surface area contributed by atoms with Crippen molar-refractivity contribution >= 4 is 11.9 Å². The van der Waals surface area contributed by atoms with E-state index in [2.05, 4.69) is 0 Å². The van der Waals surface area contributed by atoms with Gasteiger partial charge in [-0.2, -0.15) is 0 Å². The summed E-state index contributed by atoms with van der Waals surface area (Å²) in [5.74, 6) is -0.346. The smallest absolute Gasteiger partial charge is 0.302 e. The van der Waals surface area contributed by atoms with E-state index in [1.54, 1.807) is 0 Å². The molecule has 0 aromatic carbocycles. The molecule has 0 rings (SSSR count). The van der Waals surface area contributed by atoms with Crippen LogP contribution in [0.25, 0.3) is 0 Å². The number of rotatable bonds is 16. The molecule has 0 saturated heterocycles. The van der Waals surface area contributed by atoms with E-state index >= 15 is 0 Å². The number of esters is 2. The molecule has 0 aromatic heterocycles. The van der Waals surface area contributed by atoms with Crippen LogP contribution in [0.5, 0.6) is 0 Å². The lowest BCUT2D eigenvalue weighted by atomic mass is 10.0. The summed E-state index contributed by atoms with van der Waals surface area (Å²) in [6, 6.07) is 0. The van der Waals surface area contributed by atoms with E-state index in [0.717, 1.165) is 19.3 Å². The van der Waals surface area contributed by atoms with Crippen LogP contribution in [0.1, 0.15) is 104 Å². The molecule has 0 N–H and O–H groups in total. The maximum atomic E-state index is 10.8. The molecule has 0 bridgehead atoms. The Balaban J connectivity index is 3.10. The zero-order valence-electron chi connectivity index (χ0n) is 16.1.